The Hall–Kier alpha value is -4.82. The van der Waals surface area contributed by atoms with Crippen LogP contribution in [0.3, 0.4) is 0 Å². The Kier molecular flexibility index (Phi) is 8.01. The lowest BCUT2D eigenvalue weighted by molar-refractivity contribution is 0.504. The molecular formula is C42H42N2. The average molecular weight is 575 g/mol. The lowest BCUT2D eigenvalue weighted by Crippen LogP contribution is -2.59. The Morgan fingerprint density at radius 3 is 1.36 bits per heavy atom. The highest BCUT2D eigenvalue weighted by atomic mass is 15.3. The van der Waals surface area contributed by atoms with Crippen molar-refractivity contribution in [1.82, 2.24) is 0 Å². The molecule has 0 bridgehead atoms. The average Bonchev–Trinajstić information content (AvgIpc) is 2.98. The maximum absolute atomic E-state index is 2.57. The van der Waals surface area contributed by atoms with Gasteiger partial charge in [-0.1, -0.05) is 96.6 Å². The Balaban J connectivity index is 1.69. The molecule has 0 radical (unpaired) electrons. The second-order valence-electron chi connectivity index (χ2n) is 12.5. The molecule has 0 saturated heterocycles. The Bertz CT molecular complexity index is 1770. The van der Waals surface area contributed by atoms with Crippen LogP contribution in [-0.2, 0) is 0 Å². The fourth-order valence-electron chi connectivity index (χ4n) is 6.76. The van der Waals surface area contributed by atoms with Gasteiger partial charge in [-0.15, -0.1) is 0 Å². The number of allylic oxidation sites excluding steroid dienone is 2. The van der Waals surface area contributed by atoms with Gasteiger partial charge < -0.3 is 9.80 Å². The van der Waals surface area contributed by atoms with E-state index in [2.05, 4.69) is 191 Å². The molecule has 5 aromatic carbocycles. The molecule has 0 aliphatic heterocycles. The predicted molar refractivity (Wildman–Crippen MR) is 189 cm³/mol. The van der Waals surface area contributed by atoms with Crippen molar-refractivity contribution in [2.24, 2.45) is 0 Å². The van der Waals surface area contributed by atoms with Gasteiger partial charge in [0.15, 0.2) is 0 Å². The maximum Gasteiger partial charge on any atom is 0.0866 e. The van der Waals surface area contributed by atoms with E-state index in [0.717, 1.165) is 0 Å². The minimum Gasteiger partial charge on any atom is -0.331 e. The first-order valence-electron chi connectivity index (χ1n) is 15.6. The molecule has 2 heteroatoms. The van der Waals surface area contributed by atoms with Gasteiger partial charge in [0.05, 0.1) is 11.6 Å². The Labute approximate surface area is 263 Å². The van der Waals surface area contributed by atoms with Gasteiger partial charge in [-0.25, -0.2) is 0 Å². The molecule has 2 unspecified atom stereocenters. The van der Waals surface area contributed by atoms with Crippen molar-refractivity contribution in [3.8, 4) is 0 Å². The first-order chi connectivity index (χ1) is 21.2. The van der Waals surface area contributed by atoms with E-state index in [1.165, 1.54) is 61.7 Å². The number of hydrogen-bond donors (Lipinski definition) is 0. The van der Waals surface area contributed by atoms with Gasteiger partial charge in [-0.3, -0.25) is 0 Å². The smallest absolute Gasteiger partial charge is 0.0866 e. The van der Waals surface area contributed by atoms with E-state index < -0.39 is 5.54 Å². The van der Waals surface area contributed by atoms with Gasteiger partial charge in [-0.2, -0.15) is 0 Å². The summed E-state index contributed by atoms with van der Waals surface area (Å²) in [5, 5.41) is 0. The maximum atomic E-state index is 2.57. The van der Waals surface area contributed by atoms with Crippen LogP contribution in [0, 0.1) is 34.6 Å². The fourth-order valence-corrected chi connectivity index (χ4v) is 6.76. The van der Waals surface area contributed by atoms with Gasteiger partial charge in [0.25, 0.3) is 0 Å². The summed E-state index contributed by atoms with van der Waals surface area (Å²) < 4.78 is 0. The zero-order chi connectivity index (χ0) is 30.8. The van der Waals surface area contributed by atoms with Crippen LogP contribution in [-0.4, -0.2) is 11.6 Å². The summed E-state index contributed by atoms with van der Waals surface area (Å²) in [6.45, 7) is 13.3. The molecule has 0 amide bonds. The van der Waals surface area contributed by atoms with Crippen LogP contribution in [0.5, 0.6) is 0 Å². The molecule has 0 saturated carbocycles. The number of nitrogens with zero attached hydrogens (tertiary/aromatic N) is 2. The van der Waals surface area contributed by atoms with Gasteiger partial charge in [-0.05, 0) is 123 Å². The summed E-state index contributed by atoms with van der Waals surface area (Å²) in [5.74, 6) is 0. The van der Waals surface area contributed by atoms with Crippen LogP contribution in [0.1, 0.15) is 40.3 Å². The summed E-state index contributed by atoms with van der Waals surface area (Å²) in [7, 11) is 0. The van der Waals surface area contributed by atoms with E-state index in [1.54, 1.807) is 0 Å². The number of rotatable bonds is 7. The van der Waals surface area contributed by atoms with E-state index in [-0.39, 0.29) is 6.04 Å². The minimum atomic E-state index is -0.497. The third-order valence-corrected chi connectivity index (χ3v) is 8.73. The third-order valence-electron chi connectivity index (χ3n) is 8.73. The predicted octanol–water partition coefficient (Wildman–Crippen LogP) is 11.0. The molecule has 44 heavy (non-hydrogen) atoms. The van der Waals surface area contributed by atoms with E-state index in [1.807, 2.05) is 0 Å². The zero-order valence-electron chi connectivity index (χ0n) is 26.8. The van der Waals surface area contributed by atoms with Gasteiger partial charge >= 0.3 is 0 Å². The molecule has 1 aliphatic rings. The van der Waals surface area contributed by atoms with E-state index in [9.17, 15) is 0 Å². The van der Waals surface area contributed by atoms with Crippen LogP contribution in [0.2, 0.25) is 0 Å². The SMILES string of the molecule is Cc1cccc(C2=CC=CC(C)(N(c3cccc(C)c3)c3cccc(C)c3)C2N(c2cccc(C)c2)c2cccc(C)c2)c1. The molecule has 1 aliphatic carbocycles. The fraction of sp³-hybridized carbons (Fsp3) is 0.190. The topological polar surface area (TPSA) is 6.48 Å². The molecular weight excluding hydrogens is 532 g/mol. The highest BCUT2D eigenvalue weighted by Crippen LogP contribution is 2.48. The lowest BCUT2D eigenvalue weighted by Gasteiger charge is -2.52. The number of anilines is 4. The molecule has 0 spiro atoms. The van der Waals surface area contributed by atoms with Crippen LogP contribution in [0.15, 0.2) is 140 Å². The molecule has 2 nitrogen and oxygen atoms in total. The third kappa shape index (κ3) is 5.73. The second-order valence-corrected chi connectivity index (χ2v) is 12.5. The van der Waals surface area contributed by atoms with Gasteiger partial charge in [0.1, 0.15) is 0 Å². The first kappa shape index (κ1) is 29.3. The summed E-state index contributed by atoms with van der Waals surface area (Å²) in [6, 6.07) is 44.6. The van der Waals surface area contributed by atoms with Crippen molar-refractivity contribution < 1.29 is 0 Å². The van der Waals surface area contributed by atoms with Crippen molar-refractivity contribution >= 4 is 28.3 Å². The highest BCUT2D eigenvalue weighted by molar-refractivity contribution is 5.85. The number of aryl methyl sites for hydroxylation is 5. The number of benzene rings is 5. The molecule has 0 N–H and O–H groups in total. The van der Waals surface area contributed by atoms with Crippen LogP contribution < -0.4 is 9.80 Å². The lowest BCUT2D eigenvalue weighted by atomic mass is 9.76. The molecule has 2 atom stereocenters. The second kappa shape index (κ2) is 12.1. The van der Waals surface area contributed by atoms with Crippen molar-refractivity contribution in [3.63, 3.8) is 0 Å². The normalized spacial score (nSPS) is 17.7. The summed E-state index contributed by atoms with van der Waals surface area (Å²) in [5.41, 5.74) is 12.9. The molecule has 6 rings (SSSR count). The Morgan fingerprint density at radius 1 is 0.500 bits per heavy atom. The largest absolute Gasteiger partial charge is 0.331 e. The quantitative estimate of drug-likeness (QED) is 0.191. The molecule has 0 fully saturated rings. The number of hydrogen-bond acceptors (Lipinski definition) is 2. The summed E-state index contributed by atoms with van der Waals surface area (Å²) in [6.07, 6.45) is 6.99. The standard InChI is InChI=1S/C42H42N2/c1-30-13-7-18-35(25-30)40-23-12-24-42(6,44(38-21-10-16-33(4)28-38)39-22-11-17-34(5)29-39)41(40)43(36-19-8-14-31(2)26-36)37-20-9-15-32(3)27-37/h7-29,41H,1-6H3. The van der Waals surface area contributed by atoms with Crippen molar-refractivity contribution in [2.75, 3.05) is 9.80 Å². The van der Waals surface area contributed by atoms with E-state index in [0.29, 0.717) is 0 Å². The van der Waals surface area contributed by atoms with Crippen molar-refractivity contribution in [1.29, 1.82) is 0 Å². The summed E-state index contributed by atoms with van der Waals surface area (Å²) >= 11 is 0. The summed E-state index contributed by atoms with van der Waals surface area (Å²) in [4.78, 5) is 5.12. The van der Waals surface area contributed by atoms with Gasteiger partial charge in [0, 0.05) is 22.7 Å². The molecule has 5 aromatic rings. The zero-order valence-corrected chi connectivity index (χ0v) is 26.8. The van der Waals surface area contributed by atoms with Crippen LogP contribution >= 0.6 is 0 Å². The molecule has 0 aromatic heterocycles. The molecule has 220 valence electrons. The minimum absolute atomic E-state index is 0.0843. The Morgan fingerprint density at radius 2 is 0.909 bits per heavy atom. The van der Waals surface area contributed by atoms with E-state index >= 15 is 0 Å². The molecule has 0 heterocycles. The monoisotopic (exact) mass is 574 g/mol. The van der Waals surface area contributed by atoms with Crippen molar-refractivity contribution in [2.45, 2.75) is 53.1 Å². The van der Waals surface area contributed by atoms with Crippen LogP contribution in [0.4, 0.5) is 22.7 Å². The highest BCUT2D eigenvalue weighted by Gasteiger charge is 2.46. The van der Waals surface area contributed by atoms with Crippen LogP contribution in [0.25, 0.3) is 5.57 Å². The van der Waals surface area contributed by atoms with Gasteiger partial charge in [0.2, 0.25) is 0 Å². The van der Waals surface area contributed by atoms with E-state index in [4.69, 9.17) is 0 Å². The first-order valence-corrected chi connectivity index (χ1v) is 15.6. The van der Waals surface area contributed by atoms with Crippen molar-refractivity contribution in [3.05, 3.63) is 173 Å².